The van der Waals surface area contributed by atoms with E-state index in [-0.39, 0.29) is 19.8 Å². The second-order valence-electron chi connectivity index (χ2n) is 12.0. The van der Waals surface area contributed by atoms with Gasteiger partial charge in [0.2, 0.25) is 0 Å². The van der Waals surface area contributed by atoms with Gasteiger partial charge >= 0.3 is 0 Å². The molecular weight excluding hydrogens is 831 g/mol. The Kier molecular flexibility index (Phi) is 9.40. The minimum atomic E-state index is 0. The summed E-state index contributed by atoms with van der Waals surface area (Å²) in [4.78, 5) is 36.3. The fourth-order valence-electron chi connectivity index (χ4n) is 6.56. The van der Waals surface area contributed by atoms with E-state index in [9.17, 15) is 0 Å². The SMILES string of the molecule is [Os].c1ccc(-c2ccccn2)nc1.c1ccc(-c2ccccn2)nc1.c1ccc2c(c1)nc1c3nccc4c5ccccc5nc(c5nccc2c51)c43. The molecule has 0 atom stereocenters. The third-order valence-corrected chi connectivity index (χ3v) is 8.86. The molecule has 11 aromatic rings. The Morgan fingerprint density at radius 2 is 0.604 bits per heavy atom. The van der Waals surface area contributed by atoms with Gasteiger partial charge in [-0.1, -0.05) is 60.7 Å². The van der Waals surface area contributed by atoms with E-state index in [1.807, 2.05) is 109 Å². The van der Waals surface area contributed by atoms with Gasteiger partial charge in [-0.3, -0.25) is 29.9 Å². The molecule has 0 saturated carbocycles. The molecule has 0 aliphatic rings. The van der Waals surface area contributed by atoms with Crippen LogP contribution in [0.15, 0.2) is 171 Å². The molecule has 0 saturated heterocycles. The molecule has 3 aromatic carbocycles. The van der Waals surface area contributed by atoms with Crippen LogP contribution >= 0.6 is 0 Å². The second-order valence-corrected chi connectivity index (χ2v) is 12.0. The monoisotopic (exact) mass is 860 g/mol. The maximum Gasteiger partial charge on any atom is 0.100 e. The molecule has 252 valence electrons. The third kappa shape index (κ3) is 6.39. The van der Waals surface area contributed by atoms with Crippen molar-refractivity contribution in [3.8, 4) is 22.8 Å². The van der Waals surface area contributed by atoms with Crippen molar-refractivity contribution in [2.24, 2.45) is 0 Å². The number of aromatic nitrogens is 8. The topological polar surface area (TPSA) is 103 Å². The summed E-state index contributed by atoms with van der Waals surface area (Å²) in [6.45, 7) is 0. The summed E-state index contributed by atoms with van der Waals surface area (Å²) in [5.41, 5.74) is 9.17. The number of hydrogen-bond acceptors (Lipinski definition) is 8. The van der Waals surface area contributed by atoms with Gasteiger partial charge in [0.05, 0.1) is 44.8 Å². The predicted octanol–water partition coefficient (Wildman–Crippen LogP) is 9.91. The van der Waals surface area contributed by atoms with Crippen LogP contribution in [0.25, 0.3) is 88.2 Å². The van der Waals surface area contributed by atoms with Crippen molar-refractivity contribution < 1.29 is 19.8 Å². The van der Waals surface area contributed by atoms with Crippen LogP contribution < -0.4 is 0 Å². The molecule has 8 heterocycles. The van der Waals surface area contributed by atoms with Crippen LogP contribution in [0, 0.1) is 0 Å². The maximum absolute atomic E-state index is 5.01. The van der Waals surface area contributed by atoms with E-state index in [1.165, 1.54) is 0 Å². The zero-order chi connectivity index (χ0) is 34.7. The molecule has 8 nitrogen and oxygen atoms in total. The fraction of sp³-hybridized carbons (Fsp3) is 0. The van der Waals surface area contributed by atoms with E-state index in [0.29, 0.717) is 0 Å². The van der Waals surface area contributed by atoms with Crippen LogP contribution in [0.1, 0.15) is 0 Å². The van der Waals surface area contributed by atoms with Gasteiger partial charge in [-0.05, 0) is 83.6 Å². The van der Waals surface area contributed by atoms with Crippen molar-refractivity contribution in [1.29, 1.82) is 0 Å². The van der Waals surface area contributed by atoms with Gasteiger partial charge in [-0.25, -0.2) is 9.97 Å². The van der Waals surface area contributed by atoms with E-state index in [4.69, 9.17) is 19.9 Å². The fourth-order valence-corrected chi connectivity index (χ4v) is 6.56. The second kappa shape index (κ2) is 14.9. The van der Waals surface area contributed by atoms with Gasteiger partial charge in [0.1, 0.15) is 11.0 Å². The molecule has 0 amide bonds. The van der Waals surface area contributed by atoms with Gasteiger partial charge in [0.25, 0.3) is 0 Å². The smallest absolute Gasteiger partial charge is 0.100 e. The molecular formula is C44H28N8Os. The van der Waals surface area contributed by atoms with Gasteiger partial charge in [-0.15, -0.1) is 0 Å². The number of fused-ring (bicyclic) bond motifs is 6. The number of pyridine rings is 8. The van der Waals surface area contributed by atoms with Crippen molar-refractivity contribution in [1.82, 2.24) is 39.9 Å². The molecule has 0 N–H and O–H groups in total. The minimum absolute atomic E-state index is 0. The number of hydrogen-bond donors (Lipinski definition) is 0. The zero-order valence-corrected chi connectivity index (χ0v) is 30.6. The van der Waals surface area contributed by atoms with E-state index in [1.54, 1.807) is 24.8 Å². The summed E-state index contributed by atoms with van der Waals surface area (Å²) in [5, 5.41) is 6.62. The van der Waals surface area contributed by atoms with E-state index in [2.05, 4.69) is 56.3 Å². The Morgan fingerprint density at radius 1 is 0.264 bits per heavy atom. The quantitative estimate of drug-likeness (QED) is 0.125. The molecule has 53 heavy (non-hydrogen) atoms. The molecule has 0 radical (unpaired) electrons. The number of nitrogens with zero attached hydrogens (tertiary/aromatic N) is 8. The van der Waals surface area contributed by atoms with Crippen molar-refractivity contribution in [2.75, 3.05) is 0 Å². The standard InChI is InChI=1S/C24H12N4.2C10H8N2.Os/c1-3-7-17-13(5-1)15-9-11-25-21-19(15)23(27-17)22-20-16(10-12-26-22)14-6-2-4-8-18(14)28-24(20)21;2*1-3-7-11-9(5-1)10-6-2-4-8-12-10;/h1-12H;2*1-8H;. The van der Waals surface area contributed by atoms with Gasteiger partial charge in [0.15, 0.2) is 0 Å². The number of rotatable bonds is 2. The first-order chi connectivity index (χ1) is 25.8. The molecule has 0 bridgehead atoms. The first kappa shape index (κ1) is 33.5. The Bertz CT molecular complexity index is 2670. The van der Waals surface area contributed by atoms with Crippen molar-refractivity contribution in [3.63, 3.8) is 0 Å². The summed E-state index contributed by atoms with van der Waals surface area (Å²) in [6, 6.07) is 43.8. The Balaban J connectivity index is 0.000000133. The predicted molar refractivity (Wildman–Crippen MR) is 209 cm³/mol. The molecule has 11 rings (SSSR count). The summed E-state index contributed by atoms with van der Waals surface area (Å²) in [6.07, 6.45) is 10.8. The normalized spacial score (nSPS) is 10.9. The minimum Gasteiger partial charge on any atom is -0.255 e. The average Bonchev–Trinajstić information content (AvgIpc) is 3.24. The Labute approximate surface area is 317 Å². The summed E-state index contributed by atoms with van der Waals surface area (Å²) >= 11 is 0. The average molecular weight is 859 g/mol. The first-order valence-electron chi connectivity index (χ1n) is 16.8. The van der Waals surface area contributed by atoms with Crippen molar-refractivity contribution >= 4 is 65.4 Å². The molecule has 0 spiro atoms. The first-order valence-corrected chi connectivity index (χ1v) is 16.8. The largest absolute Gasteiger partial charge is 0.255 e. The zero-order valence-electron chi connectivity index (χ0n) is 28.1. The molecule has 0 aliphatic carbocycles. The van der Waals surface area contributed by atoms with Gasteiger partial charge in [0, 0.05) is 78.5 Å². The number of benzene rings is 3. The molecule has 0 aliphatic heterocycles. The van der Waals surface area contributed by atoms with Gasteiger partial charge in [-0.2, -0.15) is 0 Å². The van der Waals surface area contributed by atoms with Crippen LogP contribution in [0.3, 0.4) is 0 Å². The molecule has 9 heteroatoms. The van der Waals surface area contributed by atoms with E-state index in [0.717, 1.165) is 88.2 Å². The van der Waals surface area contributed by atoms with Gasteiger partial charge < -0.3 is 0 Å². The molecule has 0 fully saturated rings. The van der Waals surface area contributed by atoms with Crippen LogP contribution in [0.2, 0.25) is 0 Å². The van der Waals surface area contributed by atoms with E-state index >= 15 is 0 Å². The summed E-state index contributed by atoms with van der Waals surface area (Å²) < 4.78 is 0. The van der Waals surface area contributed by atoms with Crippen LogP contribution in [-0.2, 0) is 19.8 Å². The van der Waals surface area contributed by atoms with E-state index < -0.39 is 0 Å². The van der Waals surface area contributed by atoms with Crippen LogP contribution in [0.4, 0.5) is 0 Å². The van der Waals surface area contributed by atoms with Crippen molar-refractivity contribution in [3.05, 3.63) is 171 Å². The Morgan fingerprint density at radius 3 is 0.943 bits per heavy atom. The van der Waals surface area contributed by atoms with Crippen LogP contribution in [0.5, 0.6) is 0 Å². The number of para-hydroxylation sites is 2. The maximum atomic E-state index is 5.01. The Hall–Kier alpha value is -6.68. The molecule has 0 unspecified atom stereocenters. The van der Waals surface area contributed by atoms with Crippen molar-refractivity contribution in [2.45, 2.75) is 0 Å². The third-order valence-electron chi connectivity index (χ3n) is 8.86. The molecule has 8 aromatic heterocycles. The summed E-state index contributed by atoms with van der Waals surface area (Å²) in [5.74, 6) is 0. The van der Waals surface area contributed by atoms with Crippen LogP contribution in [-0.4, -0.2) is 39.9 Å². The summed E-state index contributed by atoms with van der Waals surface area (Å²) in [7, 11) is 0.